The summed E-state index contributed by atoms with van der Waals surface area (Å²) in [5.41, 5.74) is 6.18. The molecule has 1 aromatic carbocycles. The smallest absolute Gasteiger partial charge is 0.270 e. The maximum absolute atomic E-state index is 13.3. The maximum atomic E-state index is 13.3. The van der Waals surface area contributed by atoms with Gasteiger partial charge in [0, 0.05) is 49.2 Å². The molecule has 10 heteroatoms. The van der Waals surface area contributed by atoms with Crippen molar-refractivity contribution in [2.45, 2.75) is 39.8 Å². The van der Waals surface area contributed by atoms with E-state index in [9.17, 15) is 4.79 Å². The molecule has 3 aromatic heterocycles. The summed E-state index contributed by atoms with van der Waals surface area (Å²) in [6, 6.07) is 7.81. The first-order valence-corrected chi connectivity index (χ1v) is 12.4. The topological polar surface area (TPSA) is 93.8 Å². The third kappa shape index (κ3) is 4.13. The van der Waals surface area contributed by atoms with Gasteiger partial charge in [-0.1, -0.05) is 37.6 Å². The monoisotopic (exact) mass is 502 g/mol. The van der Waals surface area contributed by atoms with Crippen LogP contribution in [-0.2, 0) is 33.0 Å². The van der Waals surface area contributed by atoms with Gasteiger partial charge >= 0.3 is 0 Å². The minimum absolute atomic E-state index is 0.0668. The number of hydrogen-bond donors (Lipinski definition) is 1. The molecule has 1 N–H and O–H groups in total. The van der Waals surface area contributed by atoms with Gasteiger partial charge in [0.05, 0.1) is 11.9 Å². The van der Waals surface area contributed by atoms with Crippen molar-refractivity contribution in [2.24, 2.45) is 12.5 Å². The van der Waals surface area contributed by atoms with Crippen molar-refractivity contribution < 1.29 is 4.79 Å². The van der Waals surface area contributed by atoms with Gasteiger partial charge in [-0.25, -0.2) is 9.97 Å². The zero-order chi connectivity index (χ0) is 25.0. The number of hydrogen-bond acceptors (Lipinski definition) is 6. The normalized spacial score (nSPS) is 16.2. The number of amides is 1. The number of aryl methyl sites for hydroxylation is 1. The van der Waals surface area contributed by atoms with Crippen molar-refractivity contribution >= 4 is 29.1 Å². The highest BCUT2D eigenvalue weighted by Gasteiger charge is 2.36. The lowest BCUT2D eigenvalue weighted by molar-refractivity contribution is 0.0688. The fourth-order valence-electron chi connectivity index (χ4n) is 5.24. The summed E-state index contributed by atoms with van der Waals surface area (Å²) in [5, 5.41) is 7.83. The van der Waals surface area contributed by atoms with E-state index in [0.29, 0.717) is 29.9 Å². The Hall–Kier alpha value is -3.72. The van der Waals surface area contributed by atoms with Crippen LogP contribution in [0, 0.1) is 5.41 Å². The molecular formula is C26H27ClN8O. The molecule has 4 aromatic rings. The molecule has 1 aliphatic carbocycles. The zero-order valence-corrected chi connectivity index (χ0v) is 21.2. The van der Waals surface area contributed by atoms with E-state index in [-0.39, 0.29) is 11.3 Å². The molecule has 4 heterocycles. The Morgan fingerprint density at radius 1 is 1.14 bits per heavy atom. The molecule has 0 unspecified atom stereocenters. The van der Waals surface area contributed by atoms with E-state index in [1.165, 1.54) is 17.6 Å². The van der Waals surface area contributed by atoms with Crippen LogP contribution in [0.1, 0.15) is 41.2 Å². The van der Waals surface area contributed by atoms with Crippen LogP contribution in [0.4, 0.5) is 11.6 Å². The third-order valence-corrected chi connectivity index (χ3v) is 7.27. The zero-order valence-electron chi connectivity index (χ0n) is 20.5. The number of anilines is 2. The van der Waals surface area contributed by atoms with Crippen LogP contribution in [0.25, 0.3) is 11.4 Å². The van der Waals surface area contributed by atoms with Crippen LogP contribution in [0.15, 0.2) is 43.0 Å². The number of carbonyl (C=O) groups is 1. The Kier molecular flexibility index (Phi) is 5.33. The highest BCUT2D eigenvalue weighted by atomic mass is 35.5. The van der Waals surface area contributed by atoms with Gasteiger partial charge in [0.15, 0.2) is 5.82 Å². The summed E-state index contributed by atoms with van der Waals surface area (Å²) >= 11 is 6.67. The van der Waals surface area contributed by atoms with Gasteiger partial charge in [-0.15, -0.1) is 0 Å². The summed E-state index contributed by atoms with van der Waals surface area (Å²) in [6.07, 6.45) is 7.05. The SMILES string of the molecule is Cn1cc(Nc2ncnc(-c3ccc(CN4CCn5c(cc6c5CC(C)(C)C6)C4=O)c(Cl)c3)n2)cn1. The van der Waals surface area contributed by atoms with Gasteiger partial charge in [0.1, 0.15) is 12.0 Å². The number of benzene rings is 1. The van der Waals surface area contributed by atoms with Gasteiger partial charge in [-0.05, 0) is 41.5 Å². The van der Waals surface area contributed by atoms with Gasteiger partial charge in [0.2, 0.25) is 5.95 Å². The summed E-state index contributed by atoms with van der Waals surface area (Å²) in [5.74, 6) is 0.997. The third-order valence-electron chi connectivity index (χ3n) is 6.92. The Balaban J connectivity index is 1.18. The van der Waals surface area contributed by atoms with Crippen molar-refractivity contribution in [3.8, 4) is 11.4 Å². The molecule has 0 spiro atoms. The first kappa shape index (κ1) is 22.7. The second-order valence-corrected chi connectivity index (χ2v) is 10.8. The van der Waals surface area contributed by atoms with Crippen LogP contribution in [0.5, 0.6) is 0 Å². The Labute approximate surface area is 214 Å². The van der Waals surface area contributed by atoms with Crippen molar-refractivity contribution in [3.63, 3.8) is 0 Å². The van der Waals surface area contributed by atoms with E-state index in [0.717, 1.165) is 41.9 Å². The van der Waals surface area contributed by atoms with Gasteiger partial charge in [0.25, 0.3) is 5.91 Å². The fourth-order valence-corrected chi connectivity index (χ4v) is 5.48. The summed E-state index contributed by atoms with van der Waals surface area (Å²) in [4.78, 5) is 28.2. The second-order valence-electron chi connectivity index (χ2n) is 10.4. The average molecular weight is 503 g/mol. The number of rotatable bonds is 5. The Morgan fingerprint density at radius 2 is 2.00 bits per heavy atom. The molecule has 36 heavy (non-hydrogen) atoms. The molecule has 0 atom stereocenters. The molecule has 0 fully saturated rings. The molecule has 1 aliphatic heterocycles. The molecule has 6 rings (SSSR count). The quantitative estimate of drug-likeness (QED) is 0.438. The number of fused-ring (bicyclic) bond motifs is 3. The minimum Gasteiger partial charge on any atom is -0.339 e. The van der Waals surface area contributed by atoms with Gasteiger partial charge in [-0.2, -0.15) is 10.1 Å². The first-order valence-electron chi connectivity index (χ1n) is 12.0. The molecular weight excluding hydrogens is 476 g/mol. The number of aromatic nitrogens is 6. The minimum atomic E-state index is 0.0668. The number of nitrogens with one attached hydrogen (secondary N) is 1. The predicted octanol–water partition coefficient (Wildman–Crippen LogP) is 4.25. The lowest BCUT2D eigenvalue weighted by atomic mass is 9.90. The second kappa shape index (κ2) is 8.44. The number of carbonyl (C=O) groups excluding carboxylic acids is 1. The Morgan fingerprint density at radius 3 is 2.78 bits per heavy atom. The standard InChI is InChI=1S/C26H27ClN8O/c1-26(2)10-18-9-21-24(36)34(6-7-35(21)22(18)11-26)13-17-5-4-16(8-20(17)27)23-28-15-29-25(32-23)31-19-12-30-33(3)14-19/h4-5,8-9,12,14-15H,6-7,10-11,13H2,1-3H3,(H,28,29,31,32). The lowest BCUT2D eigenvalue weighted by Crippen LogP contribution is -2.40. The largest absolute Gasteiger partial charge is 0.339 e. The predicted molar refractivity (Wildman–Crippen MR) is 137 cm³/mol. The van der Waals surface area contributed by atoms with Gasteiger partial charge in [-0.3, -0.25) is 9.48 Å². The van der Waals surface area contributed by atoms with Crippen molar-refractivity contribution in [3.05, 3.63) is 70.5 Å². The van der Waals surface area contributed by atoms with Crippen LogP contribution in [0.2, 0.25) is 5.02 Å². The molecule has 2 aliphatic rings. The maximum Gasteiger partial charge on any atom is 0.270 e. The molecule has 0 saturated heterocycles. The first-order chi connectivity index (χ1) is 17.3. The van der Waals surface area contributed by atoms with Crippen LogP contribution in [-0.4, -0.2) is 46.7 Å². The highest BCUT2D eigenvalue weighted by Crippen LogP contribution is 2.39. The fraction of sp³-hybridized carbons (Fsp3) is 0.346. The molecule has 0 bridgehead atoms. The molecule has 0 radical (unpaired) electrons. The molecule has 9 nitrogen and oxygen atoms in total. The van der Waals surface area contributed by atoms with E-state index in [4.69, 9.17) is 11.6 Å². The number of nitrogens with zero attached hydrogens (tertiary/aromatic N) is 7. The van der Waals surface area contributed by atoms with E-state index in [2.05, 4.69) is 49.8 Å². The van der Waals surface area contributed by atoms with Gasteiger partial charge < -0.3 is 14.8 Å². The summed E-state index contributed by atoms with van der Waals surface area (Å²) in [7, 11) is 1.84. The van der Waals surface area contributed by atoms with Crippen molar-refractivity contribution in [1.29, 1.82) is 0 Å². The summed E-state index contributed by atoms with van der Waals surface area (Å²) in [6.45, 7) is 6.53. The molecule has 1 amide bonds. The average Bonchev–Trinajstić information content (AvgIpc) is 3.48. The van der Waals surface area contributed by atoms with E-state index >= 15 is 0 Å². The molecule has 0 saturated carbocycles. The van der Waals surface area contributed by atoms with E-state index in [1.54, 1.807) is 10.9 Å². The van der Waals surface area contributed by atoms with Crippen molar-refractivity contribution in [1.82, 2.24) is 34.2 Å². The summed E-state index contributed by atoms with van der Waals surface area (Å²) < 4.78 is 3.92. The molecule has 184 valence electrons. The van der Waals surface area contributed by atoms with E-state index in [1.807, 2.05) is 36.3 Å². The Bertz CT molecular complexity index is 1490. The van der Waals surface area contributed by atoms with Crippen LogP contribution < -0.4 is 5.32 Å². The van der Waals surface area contributed by atoms with E-state index < -0.39 is 0 Å². The number of halogens is 1. The highest BCUT2D eigenvalue weighted by molar-refractivity contribution is 6.31. The van der Waals surface area contributed by atoms with Crippen LogP contribution in [0.3, 0.4) is 0 Å². The lowest BCUT2D eigenvalue weighted by Gasteiger charge is -2.30. The van der Waals surface area contributed by atoms with Crippen LogP contribution >= 0.6 is 11.6 Å². The van der Waals surface area contributed by atoms with Crippen molar-refractivity contribution in [2.75, 3.05) is 11.9 Å².